The Morgan fingerprint density at radius 2 is 2.00 bits per heavy atom. The largest absolute Gasteiger partial charge is 0.480 e. The molecule has 6 heteroatoms. The third-order valence-electron chi connectivity index (χ3n) is 4.72. The Labute approximate surface area is 145 Å². The summed E-state index contributed by atoms with van der Waals surface area (Å²) in [6, 6.07) is 3.92. The maximum atomic E-state index is 12.8. The van der Waals surface area contributed by atoms with Crippen LogP contribution in [-0.2, 0) is 9.59 Å². The standard InChI is InChI=1S/C17H19Cl2NO3/c1-17(6-7-17)9-14(16(22)23)20(15(21)10-2-3-10)13-5-4-11(18)8-12(13)19/h4-5,8,10,14H,2-3,6-7,9H2,1H3,(H,22,23)/t14-/m0/s1. The first-order valence-corrected chi connectivity index (χ1v) is 8.57. The summed E-state index contributed by atoms with van der Waals surface area (Å²) in [5.74, 6) is -1.22. The zero-order chi connectivity index (χ0) is 16.8. The molecule has 0 heterocycles. The van der Waals surface area contributed by atoms with Gasteiger partial charge in [-0.15, -0.1) is 0 Å². The predicted octanol–water partition coefficient (Wildman–Crippen LogP) is 4.38. The predicted molar refractivity (Wildman–Crippen MR) is 90.1 cm³/mol. The van der Waals surface area contributed by atoms with Crippen molar-refractivity contribution >= 4 is 40.8 Å². The minimum Gasteiger partial charge on any atom is -0.480 e. The van der Waals surface area contributed by atoms with Crippen LogP contribution >= 0.6 is 23.2 Å². The second kappa shape index (κ2) is 5.99. The zero-order valence-corrected chi connectivity index (χ0v) is 14.4. The van der Waals surface area contributed by atoms with Crippen LogP contribution in [0.5, 0.6) is 0 Å². The summed E-state index contributed by atoms with van der Waals surface area (Å²) in [7, 11) is 0. The number of nitrogens with zero attached hydrogens (tertiary/aromatic N) is 1. The summed E-state index contributed by atoms with van der Waals surface area (Å²) in [5.41, 5.74) is 0.439. The average Bonchev–Trinajstić information content (AvgIpc) is 3.36. The topological polar surface area (TPSA) is 57.6 Å². The summed E-state index contributed by atoms with van der Waals surface area (Å²) in [4.78, 5) is 26.0. The van der Waals surface area contributed by atoms with Crippen LogP contribution in [0.25, 0.3) is 0 Å². The van der Waals surface area contributed by atoms with E-state index < -0.39 is 12.0 Å². The van der Waals surface area contributed by atoms with Crippen molar-refractivity contribution in [1.29, 1.82) is 0 Å². The van der Waals surface area contributed by atoms with Crippen molar-refractivity contribution in [3.8, 4) is 0 Å². The molecule has 4 nitrogen and oxygen atoms in total. The number of aliphatic carboxylic acids is 1. The van der Waals surface area contributed by atoms with E-state index in [4.69, 9.17) is 23.2 Å². The molecule has 1 aromatic rings. The van der Waals surface area contributed by atoms with E-state index in [9.17, 15) is 14.7 Å². The highest BCUT2D eigenvalue weighted by Crippen LogP contribution is 2.50. The van der Waals surface area contributed by atoms with Crippen molar-refractivity contribution in [3.63, 3.8) is 0 Å². The van der Waals surface area contributed by atoms with Crippen LogP contribution in [0.15, 0.2) is 18.2 Å². The third kappa shape index (κ3) is 3.64. The minimum atomic E-state index is -0.988. The van der Waals surface area contributed by atoms with E-state index in [-0.39, 0.29) is 17.2 Å². The number of anilines is 1. The lowest BCUT2D eigenvalue weighted by molar-refractivity contribution is -0.140. The monoisotopic (exact) mass is 355 g/mol. The first kappa shape index (κ1) is 16.6. The number of hydrogen-bond donors (Lipinski definition) is 1. The van der Waals surface area contributed by atoms with Crippen molar-refractivity contribution in [2.45, 2.75) is 45.1 Å². The van der Waals surface area contributed by atoms with E-state index in [1.165, 1.54) is 4.90 Å². The third-order valence-corrected chi connectivity index (χ3v) is 5.26. The first-order chi connectivity index (χ1) is 10.8. The van der Waals surface area contributed by atoms with Crippen LogP contribution in [0, 0.1) is 11.3 Å². The lowest BCUT2D eigenvalue weighted by Gasteiger charge is -2.31. The molecule has 0 saturated heterocycles. The van der Waals surface area contributed by atoms with Crippen LogP contribution in [0.1, 0.15) is 39.0 Å². The quantitative estimate of drug-likeness (QED) is 0.823. The number of halogens is 2. The van der Waals surface area contributed by atoms with Crippen LogP contribution in [-0.4, -0.2) is 23.0 Å². The number of benzene rings is 1. The Bertz CT molecular complexity index is 653. The number of carbonyl (C=O) groups is 2. The van der Waals surface area contributed by atoms with Crippen LogP contribution < -0.4 is 4.90 Å². The van der Waals surface area contributed by atoms with Gasteiger partial charge in [-0.25, -0.2) is 4.79 Å². The van der Waals surface area contributed by atoms with E-state index >= 15 is 0 Å². The van der Waals surface area contributed by atoms with E-state index in [2.05, 4.69) is 6.92 Å². The maximum absolute atomic E-state index is 12.8. The molecule has 1 atom stereocenters. The molecule has 1 aromatic carbocycles. The number of rotatable bonds is 6. The van der Waals surface area contributed by atoms with Gasteiger partial charge in [0.25, 0.3) is 0 Å². The Balaban J connectivity index is 1.99. The molecular weight excluding hydrogens is 337 g/mol. The average molecular weight is 356 g/mol. The first-order valence-electron chi connectivity index (χ1n) is 7.82. The Hall–Kier alpha value is -1.26. The number of amides is 1. The zero-order valence-electron chi connectivity index (χ0n) is 12.9. The van der Waals surface area contributed by atoms with Gasteiger partial charge in [-0.3, -0.25) is 9.69 Å². The fraction of sp³-hybridized carbons (Fsp3) is 0.529. The Morgan fingerprint density at radius 1 is 1.35 bits per heavy atom. The number of carboxylic acid groups (broad SMARTS) is 1. The SMILES string of the molecule is CC1(C[C@@H](C(=O)O)N(C(=O)C2CC2)c2ccc(Cl)cc2Cl)CC1. The molecule has 0 aliphatic heterocycles. The lowest BCUT2D eigenvalue weighted by atomic mass is 9.97. The van der Waals surface area contributed by atoms with Gasteiger partial charge in [0.15, 0.2) is 0 Å². The van der Waals surface area contributed by atoms with Gasteiger partial charge in [0.2, 0.25) is 5.91 Å². The van der Waals surface area contributed by atoms with Crippen molar-refractivity contribution in [2.75, 3.05) is 4.90 Å². The summed E-state index contributed by atoms with van der Waals surface area (Å²) in [6.45, 7) is 2.06. The smallest absolute Gasteiger partial charge is 0.326 e. The van der Waals surface area contributed by atoms with Gasteiger partial charge in [0.1, 0.15) is 6.04 Å². The minimum absolute atomic E-state index is 0.00401. The number of carboxylic acids is 1. The maximum Gasteiger partial charge on any atom is 0.326 e. The molecule has 23 heavy (non-hydrogen) atoms. The number of hydrogen-bond acceptors (Lipinski definition) is 2. The van der Waals surface area contributed by atoms with Crippen molar-refractivity contribution in [1.82, 2.24) is 0 Å². The lowest BCUT2D eigenvalue weighted by Crippen LogP contribution is -2.47. The van der Waals surface area contributed by atoms with Gasteiger partial charge < -0.3 is 5.11 Å². The normalized spacial score (nSPS) is 20.0. The molecule has 0 radical (unpaired) electrons. The molecule has 2 saturated carbocycles. The van der Waals surface area contributed by atoms with E-state index in [1.54, 1.807) is 18.2 Å². The second-order valence-corrected chi connectivity index (χ2v) is 7.79. The van der Waals surface area contributed by atoms with E-state index in [0.717, 1.165) is 25.7 Å². The van der Waals surface area contributed by atoms with Crippen molar-refractivity contribution in [3.05, 3.63) is 28.2 Å². The summed E-state index contributed by atoms with van der Waals surface area (Å²) < 4.78 is 0. The van der Waals surface area contributed by atoms with Crippen LogP contribution in [0.3, 0.4) is 0 Å². The molecule has 0 spiro atoms. The van der Waals surface area contributed by atoms with Gasteiger partial charge in [-0.2, -0.15) is 0 Å². The molecule has 124 valence electrons. The molecule has 3 rings (SSSR count). The summed E-state index contributed by atoms with van der Waals surface area (Å²) in [5, 5.41) is 10.5. The fourth-order valence-corrected chi connectivity index (χ4v) is 3.32. The molecular formula is C17H19Cl2NO3. The van der Waals surface area contributed by atoms with Crippen molar-refractivity contribution < 1.29 is 14.7 Å². The van der Waals surface area contributed by atoms with Gasteiger partial charge >= 0.3 is 5.97 Å². The summed E-state index contributed by atoms with van der Waals surface area (Å²) >= 11 is 12.2. The second-order valence-electron chi connectivity index (χ2n) is 6.95. The fourth-order valence-electron chi connectivity index (χ4n) is 2.82. The summed E-state index contributed by atoms with van der Waals surface area (Å²) in [6.07, 6.45) is 4.06. The molecule has 2 fully saturated rings. The highest BCUT2D eigenvalue weighted by Gasteiger charge is 2.46. The molecule has 0 unspecified atom stereocenters. The highest BCUT2D eigenvalue weighted by atomic mass is 35.5. The Morgan fingerprint density at radius 3 is 2.48 bits per heavy atom. The molecule has 0 aromatic heterocycles. The van der Waals surface area contributed by atoms with Crippen LogP contribution in [0.2, 0.25) is 10.0 Å². The van der Waals surface area contributed by atoms with Gasteiger partial charge in [-0.1, -0.05) is 30.1 Å². The highest BCUT2D eigenvalue weighted by molar-refractivity contribution is 6.37. The molecule has 2 aliphatic carbocycles. The molecule has 0 bridgehead atoms. The molecule has 1 amide bonds. The molecule has 2 aliphatic rings. The van der Waals surface area contributed by atoms with Gasteiger partial charge in [-0.05, 0) is 55.7 Å². The van der Waals surface area contributed by atoms with Gasteiger partial charge in [0, 0.05) is 10.9 Å². The molecule has 1 N–H and O–H groups in total. The van der Waals surface area contributed by atoms with E-state index in [1.807, 2.05) is 0 Å². The van der Waals surface area contributed by atoms with E-state index in [0.29, 0.717) is 22.2 Å². The Kier molecular flexibility index (Phi) is 4.32. The van der Waals surface area contributed by atoms with Crippen molar-refractivity contribution in [2.24, 2.45) is 11.3 Å². The van der Waals surface area contributed by atoms with Crippen LogP contribution in [0.4, 0.5) is 5.69 Å². The van der Waals surface area contributed by atoms with Gasteiger partial charge in [0.05, 0.1) is 10.7 Å². The number of carbonyl (C=O) groups excluding carboxylic acids is 1.